The fourth-order valence-corrected chi connectivity index (χ4v) is 4.14. The second kappa shape index (κ2) is 7.49. The monoisotopic (exact) mass is 491 g/mol. The molecule has 0 unspecified atom stereocenters. The van der Waals surface area contributed by atoms with Crippen LogP contribution in [0, 0.1) is 5.82 Å². The Bertz CT molecular complexity index is 1000. The van der Waals surface area contributed by atoms with E-state index < -0.39 is 55.1 Å². The smallest absolute Gasteiger partial charge is 0.322 e. The third-order valence-corrected chi connectivity index (χ3v) is 5.98. The van der Waals surface area contributed by atoms with Crippen LogP contribution in [0.1, 0.15) is 29.8 Å². The summed E-state index contributed by atoms with van der Waals surface area (Å²) in [6.45, 7) is -1.35. The van der Waals surface area contributed by atoms with E-state index in [-0.39, 0.29) is 35.4 Å². The Labute approximate surface area is 177 Å². The van der Waals surface area contributed by atoms with Crippen molar-refractivity contribution in [2.24, 2.45) is 0 Å². The van der Waals surface area contributed by atoms with Crippen LogP contribution < -0.4 is 5.32 Å². The van der Waals surface area contributed by atoms with Gasteiger partial charge in [0.25, 0.3) is 5.92 Å². The molecule has 2 aromatic rings. The second-order valence-corrected chi connectivity index (χ2v) is 8.26. The number of rotatable bonds is 2. The van der Waals surface area contributed by atoms with Crippen molar-refractivity contribution >= 4 is 27.6 Å². The van der Waals surface area contributed by atoms with Gasteiger partial charge in [-0.15, -0.1) is 0 Å². The lowest BCUT2D eigenvalue weighted by Gasteiger charge is -2.28. The molecule has 0 aromatic carbocycles. The Morgan fingerprint density at radius 3 is 2.83 bits per heavy atom. The number of hydrogen-bond donors (Lipinski definition) is 2. The largest absolute Gasteiger partial charge is 0.393 e. The van der Waals surface area contributed by atoms with E-state index in [9.17, 15) is 27.5 Å². The van der Waals surface area contributed by atoms with Crippen molar-refractivity contribution in [3.05, 3.63) is 39.6 Å². The summed E-state index contributed by atoms with van der Waals surface area (Å²) in [5, 5.41) is 15.9. The number of urea groups is 1. The minimum Gasteiger partial charge on any atom is -0.393 e. The number of nitrogens with zero attached hydrogens (tertiary/aromatic N) is 4. The molecule has 4 heterocycles. The molecular formula is C18H18BrF4N5O2. The summed E-state index contributed by atoms with van der Waals surface area (Å²) in [6.07, 6.45) is 0.221. The number of carbonyl (C=O) groups excluding carboxylic acids is 1. The minimum absolute atomic E-state index is 0.0681. The molecule has 2 N–H and O–H groups in total. The molecule has 0 bridgehead atoms. The quantitative estimate of drug-likeness (QED) is 0.498. The molecule has 2 aliphatic heterocycles. The molecule has 12 heteroatoms. The van der Waals surface area contributed by atoms with Crippen LogP contribution in [0.3, 0.4) is 0 Å². The molecule has 2 aliphatic rings. The van der Waals surface area contributed by atoms with Crippen molar-refractivity contribution in [1.82, 2.24) is 19.7 Å². The molecule has 0 fully saturated rings. The van der Waals surface area contributed by atoms with Crippen LogP contribution in [0.2, 0.25) is 0 Å². The Balaban J connectivity index is 1.61. The number of hydrogen-bond acceptors (Lipinski definition) is 4. The number of nitrogens with one attached hydrogen (secondary N) is 1. The molecule has 0 saturated heterocycles. The number of aliphatic hydroxyl groups is 1. The predicted octanol–water partition coefficient (Wildman–Crippen LogP) is 3.36. The van der Waals surface area contributed by atoms with Crippen molar-refractivity contribution in [2.45, 2.75) is 43.9 Å². The molecule has 162 valence electrons. The maximum atomic E-state index is 14.8. The third kappa shape index (κ3) is 3.66. The van der Waals surface area contributed by atoms with Gasteiger partial charge in [0.2, 0.25) is 0 Å². The molecule has 1 atom stereocenters. The van der Waals surface area contributed by atoms with Crippen LogP contribution in [-0.2, 0) is 25.4 Å². The Morgan fingerprint density at radius 2 is 2.10 bits per heavy atom. The zero-order valence-corrected chi connectivity index (χ0v) is 17.2. The SMILES string of the molecule is O=C(Nc1ccnc(Br)c1F)N1CCc2nn3c(c2C1)C(F)(F)CC[C@](F)(CO)C3. The van der Waals surface area contributed by atoms with Crippen LogP contribution in [0.4, 0.5) is 28.0 Å². The van der Waals surface area contributed by atoms with Gasteiger partial charge in [-0.3, -0.25) is 4.68 Å². The van der Waals surface area contributed by atoms with Gasteiger partial charge in [-0.05, 0) is 28.4 Å². The van der Waals surface area contributed by atoms with Crippen LogP contribution in [0.25, 0.3) is 0 Å². The van der Waals surface area contributed by atoms with Crippen LogP contribution in [0.5, 0.6) is 0 Å². The lowest BCUT2D eigenvalue weighted by Crippen LogP contribution is -2.39. The predicted molar refractivity (Wildman–Crippen MR) is 101 cm³/mol. The number of carbonyl (C=O) groups is 1. The number of amides is 2. The van der Waals surface area contributed by atoms with Crippen LogP contribution in [0.15, 0.2) is 16.9 Å². The first-order chi connectivity index (χ1) is 14.1. The van der Waals surface area contributed by atoms with Crippen LogP contribution >= 0.6 is 15.9 Å². The third-order valence-electron chi connectivity index (χ3n) is 5.43. The number of halogens is 5. The zero-order valence-electron chi connectivity index (χ0n) is 15.6. The first kappa shape index (κ1) is 21.0. The average molecular weight is 492 g/mol. The average Bonchev–Trinajstić information content (AvgIpc) is 3.02. The summed E-state index contributed by atoms with van der Waals surface area (Å²) < 4.78 is 59.3. The van der Waals surface area contributed by atoms with E-state index in [1.54, 1.807) is 0 Å². The van der Waals surface area contributed by atoms with E-state index in [4.69, 9.17) is 0 Å². The molecule has 2 aromatic heterocycles. The lowest BCUT2D eigenvalue weighted by atomic mass is 9.97. The van der Waals surface area contributed by atoms with Crippen molar-refractivity contribution in [3.8, 4) is 0 Å². The second-order valence-electron chi connectivity index (χ2n) is 7.51. The summed E-state index contributed by atoms with van der Waals surface area (Å²) in [6, 6.07) is 0.619. The summed E-state index contributed by atoms with van der Waals surface area (Å²) in [7, 11) is 0. The zero-order chi connectivity index (χ0) is 21.7. The Kier molecular flexibility index (Phi) is 5.25. The fourth-order valence-electron chi connectivity index (χ4n) is 3.81. The van der Waals surface area contributed by atoms with E-state index in [0.717, 1.165) is 4.68 Å². The van der Waals surface area contributed by atoms with Gasteiger partial charge >= 0.3 is 6.03 Å². The fraction of sp³-hybridized carbons (Fsp3) is 0.500. The maximum Gasteiger partial charge on any atom is 0.322 e. The molecular weight excluding hydrogens is 474 g/mol. The highest BCUT2D eigenvalue weighted by atomic mass is 79.9. The van der Waals surface area contributed by atoms with Gasteiger partial charge in [0.1, 0.15) is 10.3 Å². The van der Waals surface area contributed by atoms with Gasteiger partial charge in [0.05, 0.1) is 31.1 Å². The van der Waals surface area contributed by atoms with Gasteiger partial charge in [-0.2, -0.15) is 13.9 Å². The number of fused-ring (bicyclic) bond motifs is 3. The van der Waals surface area contributed by atoms with E-state index in [1.165, 1.54) is 17.2 Å². The van der Waals surface area contributed by atoms with Crippen molar-refractivity contribution in [1.29, 1.82) is 0 Å². The Morgan fingerprint density at radius 1 is 1.33 bits per heavy atom. The molecule has 0 aliphatic carbocycles. The molecule has 0 saturated carbocycles. The normalized spacial score (nSPS) is 22.8. The van der Waals surface area contributed by atoms with Gasteiger partial charge in [-0.25, -0.2) is 18.6 Å². The molecule has 7 nitrogen and oxygen atoms in total. The lowest BCUT2D eigenvalue weighted by molar-refractivity contribution is -0.0323. The molecule has 2 amide bonds. The highest BCUT2D eigenvalue weighted by molar-refractivity contribution is 9.10. The topological polar surface area (TPSA) is 83.3 Å². The highest BCUT2D eigenvalue weighted by Gasteiger charge is 2.48. The maximum absolute atomic E-state index is 14.8. The number of alkyl halides is 3. The van der Waals surface area contributed by atoms with Gasteiger partial charge in [-0.1, -0.05) is 0 Å². The van der Waals surface area contributed by atoms with Crippen LogP contribution in [-0.4, -0.2) is 49.6 Å². The highest BCUT2D eigenvalue weighted by Crippen LogP contribution is 2.43. The first-order valence-electron chi connectivity index (χ1n) is 9.26. The van der Waals surface area contributed by atoms with Gasteiger partial charge < -0.3 is 15.3 Å². The number of pyridine rings is 1. The van der Waals surface area contributed by atoms with Crippen molar-refractivity contribution in [2.75, 3.05) is 18.5 Å². The standard InChI is InChI=1S/C18H18BrF4N5O2/c19-15-13(20)12(1-5-24-15)25-16(30)27-6-2-11-10(7-27)14-18(22,23)4-3-17(21,9-29)8-28(14)26-11/h1,5,29H,2-4,6-9H2,(H,24,25,30)/t17-/m1/s1. The number of aliphatic hydroxyl groups excluding tert-OH is 1. The van der Waals surface area contributed by atoms with E-state index in [0.29, 0.717) is 5.69 Å². The van der Waals surface area contributed by atoms with E-state index >= 15 is 0 Å². The van der Waals surface area contributed by atoms with Crippen molar-refractivity contribution < 1.29 is 27.5 Å². The summed E-state index contributed by atoms with van der Waals surface area (Å²) in [5.41, 5.74) is -2.18. The molecule has 30 heavy (non-hydrogen) atoms. The summed E-state index contributed by atoms with van der Waals surface area (Å²) >= 11 is 2.93. The number of anilines is 1. The summed E-state index contributed by atoms with van der Waals surface area (Å²) in [4.78, 5) is 17.6. The van der Waals surface area contributed by atoms with Crippen molar-refractivity contribution in [3.63, 3.8) is 0 Å². The van der Waals surface area contributed by atoms with E-state index in [1.807, 2.05) is 0 Å². The number of aromatic nitrogens is 3. The summed E-state index contributed by atoms with van der Waals surface area (Å²) in [5.74, 6) is -4.11. The Hall–Kier alpha value is -2.21. The minimum atomic E-state index is -3.36. The molecule has 0 spiro atoms. The first-order valence-corrected chi connectivity index (χ1v) is 10.1. The van der Waals surface area contributed by atoms with E-state index in [2.05, 4.69) is 31.3 Å². The molecule has 0 radical (unpaired) electrons. The molecule has 4 rings (SSSR count). The van der Waals surface area contributed by atoms with Gasteiger partial charge in [0.15, 0.2) is 11.5 Å². The van der Waals surface area contributed by atoms with Gasteiger partial charge in [0, 0.05) is 31.1 Å².